The number of benzene rings is 3. The van der Waals surface area contributed by atoms with Gasteiger partial charge in [-0.25, -0.2) is 8.78 Å². The maximum absolute atomic E-state index is 14.6. The molecule has 0 aliphatic rings. The zero-order valence-corrected chi connectivity index (χ0v) is 16.7. The number of amides is 1. The van der Waals surface area contributed by atoms with E-state index in [1.54, 1.807) is 37.3 Å². The van der Waals surface area contributed by atoms with Crippen LogP contribution in [0.5, 0.6) is 5.75 Å². The standard InChI is InChI=1S/C22H17F2NO4S/c1-2-30(28)16-7-5-6-14(10-16)15-11-18(23)21(19(24)12-15)25-22(27)17-8-3-4-9-20(17)29-13-26/h3-13H,2H2,1H3,(H,25,27). The monoisotopic (exact) mass is 429 g/mol. The van der Waals surface area contributed by atoms with Crippen molar-refractivity contribution in [1.29, 1.82) is 0 Å². The summed E-state index contributed by atoms with van der Waals surface area (Å²) in [7, 11) is 0. The van der Waals surface area contributed by atoms with Crippen LogP contribution in [-0.2, 0) is 16.0 Å². The fraction of sp³-hybridized carbons (Fsp3) is 0.0909. The lowest BCUT2D eigenvalue weighted by molar-refractivity contribution is -0.120. The van der Waals surface area contributed by atoms with Crippen molar-refractivity contribution in [3.8, 4) is 16.9 Å². The highest BCUT2D eigenvalue weighted by molar-refractivity contribution is 7.91. The van der Waals surface area contributed by atoms with Gasteiger partial charge in [-0.2, -0.15) is 0 Å². The number of carbonyl (C=O) groups is 2. The number of halogens is 2. The number of rotatable bonds is 7. The van der Waals surface area contributed by atoms with Gasteiger partial charge in [0, 0.05) is 6.07 Å². The molecular weight excluding hydrogens is 412 g/mol. The minimum atomic E-state index is -1.20. The van der Waals surface area contributed by atoms with Crippen LogP contribution in [0, 0.1) is 11.6 Å². The molecule has 1 amide bonds. The molecule has 1 N–H and O–H groups in total. The third-order valence-electron chi connectivity index (χ3n) is 4.28. The Kier molecular flexibility index (Phi) is 6.81. The molecule has 3 aromatic rings. The molecule has 30 heavy (non-hydrogen) atoms. The molecule has 0 saturated carbocycles. The van der Waals surface area contributed by atoms with Crippen molar-refractivity contribution in [2.45, 2.75) is 11.8 Å². The van der Waals surface area contributed by atoms with Crippen LogP contribution in [0.25, 0.3) is 11.1 Å². The number of carbonyl (C=O) groups excluding carboxylic acids is 2. The summed E-state index contributed by atoms with van der Waals surface area (Å²) in [5.74, 6) is -2.41. The second kappa shape index (κ2) is 9.51. The lowest BCUT2D eigenvalue weighted by atomic mass is 10.0. The zero-order chi connectivity index (χ0) is 21.7. The fourth-order valence-corrected chi connectivity index (χ4v) is 3.65. The Morgan fingerprint density at radius 3 is 2.43 bits per heavy atom. The predicted molar refractivity (Wildman–Crippen MR) is 110 cm³/mol. The van der Waals surface area contributed by atoms with Crippen molar-refractivity contribution < 1.29 is 27.7 Å². The van der Waals surface area contributed by atoms with Crippen LogP contribution in [0.4, 0.5) is 14.5 Å². The SMILES string of the molecule is CC[S+]([O-])c1cccc(-c2cc(F)c(NC(=O)c3ccccc3OC=O)c(F)c2)c1. The molecule has 0 fully saturated rings. The van der Waals surface area contributed by atoms with E-state index >= 15 is 0 Å². The van der Waals surface area contributed by atoms with Gasteiger partial charge in [-0.1, -0.05) is 24.3 Å². The van der Waals surface area contributed by atoms with Crippen molar-refractivity contribution in [2.24, 2.45) is 0 Å². The molecule has 1 atom stereocenters. The van der Waals surface area contributed by atoms with Gasteiger partial charge in [0.1, 0.15) is 28.8 Å². The third-order valence-corrected chi connectivity index (χ3v) is 5.58. The lowest BCUT2D eigenvalue weighted by Crippen LogP contribution is -2.15. The average Bonchev–Trinajstić information content (AvgIpc) is 2.76. The summed E-state index contributed by atoms with van der Waals surface area (Å²) in [6.07, 6.45) is 0. The molecule has 0 radical (unpaired) electrons. The van der Waals surface area contributed by atoms with E-state index in [1.807, 2.05) is 0 Å². The third kappa shape index (κ3) is 4.67. The van der Waals surface area contributed by atoms with Crippen LogP contribution in [0.2, 0.25) is 0 Å². The van der Waals surface area contributed by atoms with E-state index in [2.05, 4.69) is 5.32 Å². The molecule has 0 aliphatic carbocycles. The summed E-state index contributed by atoms with van der Waals surface area (Å²) in [5, 5.41) is 2.18. The Morgan fingerprint density at radius 1 is 1.07 bits per heavy atom. The lowest BCUT2D eigenvalue weighted by Gasteiger charge is -2.12. The minimum Gasteiger partial charge on any atom is -0.611 e. The molecule has 5 nitrogen and oxygen atoms in total. The van der Waals surface area contributed by atoms with Crippen molar-refractivity contribution in [2.75, 3.05) is 11.1 Å². The summed E-state index contributed by atoms with van der Waals surface area (Å²) >= 11 is -1.20. The van der Waals surface area contributed by atoms with E-state index in [-0.39, 0.29) is 23.3 Å². The van der Waals surface area contributed by atoms with Crippen LogP contribution in [0.15, 0.2) is 65.6 Å². The highest BCUT2D eigenvalue weighted by atomic mass is 32.2. The number of nitrogens with one attached hydrogen (secondary N) is 1. The highest BCUT2D eigenvalue weighted by Gasteiger charge is 2.19. The summed E-state index contributed by atoms with van der Waals surface area (Å²) in [4.78, 5) is 23.6. The molecule has 3 aromatic carbocycles. The van der Waals surface area contributed by atoms with Crippen LogP contribution in [0.3, 0.4) is 0 Å². The molecule has 0 saturated heterocycles. The molecule has 1 unspecified atom stereocenters. The zero-order valence-electron chi connectivity index (χ0n) is 15.9. The predicted octanol–water partition coefficient (Wildman–Crippen LogP) is 4.55. The highest BCUT2D eigenvalue weighted by Crippen LogP contribution is 2.30. The Hall–Kier alpha value is -3.23. The summed E-state index contributed by atoms with van der Waals surface area (Å²) < 4.78 is 46.0. The van der Waals surface area contributed by atoms with E-state index in [1.165, 1.54) is 18.2 Å². The summed E-state index contributed by atoms with van der Waals surface area (Å²) in [5.41, 5.74) is 0.0533. The van der Waals surface area contributed by atoms with E-state index in [0.29, 0.717) is 16.2 Å². The van der Waals surface area contributed by atoms with E-state index < -0.39 is 34.4 Å². The molecule has 0 heterocycles. The largest absolute Gasteiger partial charge is 0.611 e. The van der Waals surface area contributed by atoms with Gasteiger partial charge in [0.15, 0.2) is 4.90 Å². The van der Waals surface area contributed by atoms with Crippen molar-refractivity contribution in [3.63, 3.8) is 0 Å². The molecule has 0 aromatic heterocycles. The van der Waals surface area contributed by atoms with Crippen molar-refractivity contribution >= 4 is 29.2 Å². The number of hydrogen-bond acceptors (Lipinski definition) is 4. The Morgan fingerprint density at radius 2 is 1.77 bits per heavy atom. The van der Waals surface area contributed by atoms with Gasteiger partial charge in [0.2, 0.25) is 0 Å². The van der Waals surface area contributed by atoms with Gasteiger partial charge in [-0.05, 0) is 59.6 Å². The Bertz CT molecular complexity index is 1070. The van der Waals surface area contributed by atoms with Gasteiger partial charge >= 0.3 is 0 Å². The second-order valence-electron chi connectivity index (χ2n) is 6.14. The number of para-hydroxylation sites is 1. The molecule has 0 bridgehead atoms. The molecule has 154 valence electrons. The van der Waals surface area contributed by atoms with Crippen LogP contribution >= 0.6 is 0 Å². The van der Waals surface area contributed by atoms with Gasteiger partial charge in [0.05, 0.1) is 5.56 Å². The quantitative estimate of drug-likeness (QED) is 0.442. The smallest absolute Gasteiger partial charge is 0.298 e. The first kappa shape index (κ1) is 21.5. The fourth-order valence-electron chi connectivity index (χ4n) is 2.83. The molecule has 8 heteroatoms. The van der Waals surface area contributed by atoms with Crippen LogP contribution < -0.4 is 10.1 Å². The minimum absolute atomic E-state index is 0.0387. The normalized spacial score (nSPS) is 11.6. The Labute approximate surface area is 174 Å². The maximum atomic E-state index is 14.6. The van der Waals surface area contributed by atoms with E-state index in [4.69, 9.17) is 4.74 Å². The molecule has 3 rings (SSSR count). The maximum Gasteiger partial charge on any atom is 0.298 e. The van der Waals surface area contributed by atoms with Crippen molar-refractivity contribution in [3.05, 3.63) is 77.9 Å². The summed E-state index contributed by atoms with van der Waals surface area (Å²) in [6.45, 7) is 1.93. The van der Waals surface area contributed by atoms with Gasteiger partial charge in [-0.3, -0.25) is 9.59 Å². The van der Waals surface area contributed by atoms with Gasteiger partial charge < -0.3 is 14.6 Å². The molecule has 0 spiro atoms. The first-order chi connectivity index (χ1) is 14.4. The first-order valence-corrected chi connectivity index (χ1v) is 10.2. The second-order valence-corrected chi connectivity index (χ2v) is 7.88. The summed E-state index contributed by atoms with van der Waals surface area (Å²) in [6, 6.07) is 14.6. The molecular formula is C22H17F2NO4S. The van der Waals surface area contributed by atoms with E-state index in [9.17, 15) is 22.9 Å². The first-order valence-electron chi connectivity index (χ1n) is 8.93. The topological polar surface area (TPSA) is 78.5 Å². The van der Waals surface area contributed by atoms with E-state index in [0.717, 1.165) is 12.1 Å². The van der Waals surface area contributed by atoms with Gasteiger partial charge in [-0.15, -0.1) is 0 Å². The van der Waals surface area contributed by atoms with Crippen molar-refractivity contribution in [1.82, 2.24) is 0 Å². The van der Waals surface area contributed by atoms with Gasteiger partial charge in [0.25, 0.3) is 12.4 Å². The Balaban J connectivity index is 1.91. The number of ether oxygens (including phenoxy) is 1. The number of anilines is 1. The van der Waals surface area contributed by atoms with Crippen LogP contribution in [-0.4, -0.2) is 22.7 Å². The number of hydrogen-bond donors (Lipinski definition) is 1. The van der Waals surface area contributed by atoms with Crippen LogP contribution in [0.1, 0.15) is 17.3 Å². The molecule has 0 aliphatic heterocycles. The average molecular weight is 429 g/mol.